The molecule has 0 aliphatic rings. The molecule has 3 aromatic rings. The van der Waals surface area contributed by atoms with E-state index in [2.05, 4.69) is 4.57 Å². The summed E-state index contributed by atoms with van der Waals surface area (Å²) in [7, 11) is 0. The molecule has 96 valence electrons. The Morgan fingerprint density at radius 3 is 2.16 bits per heavy atom. The van der Waals surface area contributed by atoms with Gasteiger partial charge in [0.1, 0.15) is 0 Å². The predicted octanol–water partition coefficient (Wildman–Crippen LogP) is 5.65. The van der Waals surface area contributed by atoms with E-state index in [0.29, 0.717) is 16.6 Å². The first kappa shape index (κ1) is 12.9. The van der Waals surface area contributed by atoms with Crippen LogP contribution in [0.1, 0.15) is 5.56 Å². The Kier molecular flexibility index (Phi) is 3.44. The third kappa shape index (κ3) is 2.34. The van der Waals surface area contributed by atoms with Gasteiger partial charge >= 0.3 is 0 Å². The van der Waals surface area contributed by atoms with Crippen LogP contribution >= 0.6 is 34.8 Å². The number of benzene rings is 2. The number of aromatic nitrogens is 1. The molecule has 0 amide bonds. The van der Waals surface area contributed by atoms with Crippen molar-refractivity contribution < 1.29 is 0 Å². The lowest BCUT2D eigenvalue weighted by Crippen LogP contribution is -1.99. The average molecular weight is 311 g/mol. The van der Waals surface area contributed by atoms with E-state index < -0.39 is 0 Å². The van der Waals surface area contributed by atoms with Gasteiger partial charge in [0.05, 0.1) is 17.1 Å². The van der Waals surface area contributed by atoms with Crippen LogP contribution in [0.15, 0.2) is 48.7 Å². The maximum absolute atomic E-state index is 6.26. The Labute approximate surface area is 126 Å². The van der Waals surface area contributed by atoms with Crippen molar-refractivity contribution in [1.29, 1.82) is 0 Å². The molecule has 2 aromatic carbocycles. The highest BCUT2D eigenvalue weighted by Gasteiger charge is 2.09. The van der Waals surface area contributed by atoms with Gasteiger partial charge in [-0.25, -0.2) is 0 Å². The predicted molar refractivity (Wildman–Crippen MR) is 82.5 cm³/mol. The maximum Gasteiger partial charge on any atom is 0.0672 e. The Morgan fingerprint density at radius 1 is 0.789 bits per heavy atom. The van der Waals surface area contributed by atoms with E-state index >= 15 is 0 Å². The molecule has 0 radical (unpaired) electrons. The van der Waals surface area contributed by atoms with E-state index in [-0.39, 0.29) is 0 Å². The SMILES string of the molecule is Clc1cccc(Cl)c1Cn1ccc2cccc(Cl)c21. The normalized spacial score (nSPS) is 11.1. The van der Waals surface area contributed by atoms with Crippen LogP contribution in [-0.2, 0) is 6.54 Å². The third-order valence-corrected chi connectivity index (χ3v) is 4.14. The number of rotatable bonds is 2. The Hall–Kier alpha value is -1.15. The van der Waals surface area contributed by atoms with Gasteiger partial charge in [0.25, 0.3) is 0 Å². The third-order valence-electron chi connectivity index (χ3n) is 3.13. The molecule has 0 bridgehead atoms. The average Bonchev–Trinajstić information content (AvgIpc) is 2.79. The van der Waals surface area contributed by atoms with Crippen molar-refractivity contribution in [3.8, 4) is 0 Å². The molecule has 0 saturated heterocycles. The molecule has 0 fully saturated rings. The van der Waals surface area contributed by atoms with Crippen molar-refractivity contribution in [1.82, 2.24) is 4.57 Å². The molecule has 19 heavy (non-hydrogen) atoms. The van der Waals surface area contributed by atoms with Crippen LogP contribution in [0.25, 0.3) is 10.9 Å². The minimum Gasteiger partial charge on any atom is -0.342 e. The lowest BCUT2D eigenvalue weighted by molar-refractivity contribution is 0.837. The van der Waals surface area contributed by atoms with E-state index in [0.717, 1.165) is 21.5 Å². The number of para-hydroxylation sites is 1. The van der Waals surface area contributed by atoms with Crippen molar-refractivity contribution in [2.45, 2.75) is 6.54 Å². The number of hydrogen-bond acceptors (Lipinski definition) is 0. The molecule has 0 aliphatic heterocycles. The van der Waals surface area contributed by atoms with Crippen molar-refractivity contribution in [2.24, 2.45) is 0 Å². The van der Waals surface area contributed by atoms with E-state index in [1.54, 1.807) is 0 Å². The van der Waals surface area contributed by atoms with Gasteiger partial charge in [0, 0.05) is 27.2 Å². The smallest absolute Gasteiger partial charge is 0.0672 e. The molecule has 0 saturated carbocycles. The zero-order valence-electron chi connectivity index (χ0n) is 9.91. The fraction of sp³-hybridized carbons (Fsp3) is 0.0667. The molecule has 1 aromatic heterocycles. The first-order valence-electron chi connectivity index (χ1n) is 5.83. The summed E-state index contributed by atoms with van der Waals surface area (Å²) in [6.45, 7) is 0.603. The Morgan fingerprint density at radius 2 is 1.42 bits per heavy atom. The summed E-state index contributed by atoms with van der Waals surface area (Å²) in [5.41, 5.74) is 1.91. The largest absolute Gasteiger partial charge is 0.342 e. The van der Waals surface area contributed by atoms with Gasteiger partial charge in [-0.1, -0.05) is 53.0 Å². The molecule has 0 atom stereocenters. The molecule has 3 rings (SSSR count). The van der Waals surface area contributed by atoms with Gasteiger partial charge in [0.15, 0.2) is 0 Å². The quantitative estimate of drug-likeness (QED) is 0.576. The highest BCUT2D eigenvalue weighted by Crippen LogP contribution is 2.29. The van der Waals surface area contributed by atoms with Gasteiger partial charge in [-0.2, -0.15) is 0 Å². The summed E-state index contributed by atoms with van der Waals surface area (Å²) in [4.78, 5) is 0. The molecule has 0 spiro atoms. The molecule has 0 N–H and O–H groups in total. The Bertz CT molecular complexity index is 726. The van der Waals surface area contributed by atoms with Crippen LogP contribution in [-0.4, -0.2) is 4.57 Å². The maximum atomic E-state index is 6.26. The summed E-state index contributed by atoms with van der Waals surface area (Å²) >= 11 is 18.7. The second kappa shape index (κ2) is 5.09. The number of nitrogens with zero attached hydrogens (tertiary/aromatic N) is 1. The summed E-state index contributed by atoms with van der Waals surface area (Å²) < 4.78 is 2.06. The minimum absolute atomic E-state index is 0.603. The molecule has 0 unspecified atom stereocenters. The van der Waals surface area contributed by atoms with Gasteiger partial charge in [0.2, 0.25) is 0 Å². The van der Waals surface area contributed by atoms with Crippen molar-refractivity contribution in [3.05, 3.63) is 69.3 Å². The number of halogens is 3. The fourth-order valence-electron chi connectivity index (χ4n) is 2.20. The second-order valence-electron chi connectivity index (χ2n) is 4.32. The molecule has 0 aliphatic carbocycles. The highest BCUT2D eigenvalue weighted by molar-refractivity contribution is 6.36. The van der Waals surface area contributed by atoms with Crippen LogP contribution in [0.2, 0.25) is 15.1 Å². The lowest BCUT2D eigenvalue weighted by atomic mass is 10.2. The van der Waals surface area contributed by atoms with E-state index in [9.17, 15) is 0 Å². The van der Waals surface area contributed by atoms with Gasteiger partial charge < -0.3 is 4.57 Å². The van der Waals surface area contributed by atoms with Crippen LogP contribution in [0.4, 0.5) is 0 Å². The summed E-state index contributed by atoms with van der Waals surface area (Å²) in [6.07, 6.45) is 2.00. The fourth-order valence-corrected chi connectivity index (χ4v) is 3.01. The minimum atomic E-state index is 0.603. The van der Waals surface area contributed by atoms with Gasteiger partial charge in [-0.3, -0.25) is 0 Å². The summed E-state index contributed by atoms with van der Waals surface area (Å²) in [5.74, 6) is 0. The zero-order chi connectivity index (χ0) is 13.4. The molecular formula is C15H10Cl3N. The van der Waals surface area contributed by atoms with Crippen LogP contribution in [0, 0.1) is 0 Å². The lowest BCUT2D eigenvalue weighted by Gasteiger charge is -2.10. The summed E-state index contributed by atoms with van der Waals surface area (Å²) in [5, 5.41) is 3.17. The first-order chi connectivity index (χ1) is 9.16. The Balaban J connectivity index is 2.12. The molecule has 1 heterocycles. The molecule has 4 heteroatoms. The summed E-state index contributed by atoms with van der Waals surface area (Å²) in [6, 6.07) is 13.4. The number of fused-ring (bicyclic) bond motifs is 1. The van der Waals surface area contributed by atoms with E-state index in [1.807, 2.05) is 48.7 Å². The van der Waals surface area contributed by atoms with Crippen LogP contribution in [0.3, 0.4) is 0 Å². The highest BCUT2D eigenvalue weighted by atomic mass is 35.5. The van der Waals surface area contributed by atoms with Crippen molar-refractivity contribution >= 4 is 45.7 Å². The van der Waals surface area contributed by atoms with E-state index in [4.69, 9.17) is 34.8 Å². The van der Waals surface area contributed by atoms with Crippen LogP contribution < -0.4 is 0 Å². The monoisotopic (exact) mass is 309 g/mol. The zero-order valence-corrected chi connectivity index (χ0v) is 12.2. The van der Waals surface area contributed by atoms with Gasteiger partial charge in [-0.15, -0.1) is 0 Å². The van der Waals surface area contributed by atoms with E-state index in [1.165, 1.54) is 0 Å². The standard InChI is InChI=1S/C15H10Cl3N/c16-12-4-2-5-13(17)11(12)9-19-8-7-10-3-1-6-14(18)15(10)19/h1-8H,9H2. The second-order valence-corrected chi connectivity index (χ2v) is 5.54. The van der Waals surface area contributed by atoms with Crippen molar-refractivity contribution in [2.75, 3.05) is 0 Å². The number of hydrogen-bond donors (Lipinski definition) is 0. The topological polar surface area (TPSA) is 4.93 Å². The van der Waals surface area contributed by atoms with Crippen molar-refractivity contribution in [3.63, 3.8) is 0 Å². The van der Waals surface area contributed by atoms with Gasteiger partial charge in [-0.05, 0) is 24.3 Å². The molecule has 1 nitrogen and oxygen atoms in total. The van der Waals surface area contributed by atoms with Crippen LogP contribution in [0.5, 0.6) is 0 Å². The molecular weight excluding hydrogens is 301 g/mol. The first-order valence-corrected chi connectivity index (χ1v) is 6.96.